The largest absolute Gasteiger partial charge is 0.282 e. The molecular weight excluding hydrogens is 340 g/mol. The molecule has 122 valence electrons. The number of benzene rings is 2. The van der Waals surface area contributed by atoms with Crippen molar-refractivity contribution in [2.45, 2.75) is 6.61 Å². The Morgan fingerprint density at radius 2 is 1.87 bits per heavy atom. The normalized spacial score (nSPS) is 11.0. The molecule has 8 heteroatoms. The Labute approximate surface area is 139 Å². The van der Waals surface area contributed by atoms with Gasteiger partial charge in [0, 0.05) is 5.56 Å². The Morgan fingerprint density at radius 3 is 2.52 bits per heavy atom. The summed E-state index contributed by atoms with van der Waals surface area (Å²) in [6.45, 7) is 0.217. The maximum absolute atomic E-state index is 12.0. The Kier molecular flexibility index (Phi) is 5.59. The Bertz CT molecular complexity index is 794. The Hall–Kier alpha value is -2.09. The van der Waals surface area contributed by atoms with Crippen molar-refractivity contribution in [2.75, 3.05) is 11.0 Å². The van der Waals surface area contributed by atoms with Gasteiger partial charge in [0.25, 0.3) is 5.91 Å². The van der Waals surface area contributed by atoms with Gasteiger partial charge in [-0.2, -0.15) is 0 Å². The summed E-state index contributed by atoms with van der Waals surface area (Å²) in [4.78, 5) is 17.1. The quantitative estimate of drug-likeness (QED) is 0.781. The van der Waals surface area contributed by atoms with E-state index in [2.05, 4.69) is 10.2 Å². The number of carbonyl (C=O) groups excluding carboxylic acids is 1. The van der Waals surface area contributed by atoms with Gasteiger partial charge in [-0.05, 0) is 23.8 Å². The molecule has 0 aromatic heterocycles. The summed E-state index contributed by atoms with van der Waals surface area (Å²) in [5.74, 6) is -0.505. The fourth-order valence-electron chi connectivity index (χ4n) is 1.76. The molecule has 2 rings (SSSR count). The molecule has 0 saturated carbocycles. The zero-order valence-electron chi connectivity index (χ0n) is 12.2. The van der Waals surface area contributed by atoms with Gasteiger partial charge in [0.15, 0.2) is 0 Å². The Morgan fingerprint density at radius 1 is 1.17 bits per heavy atom. The molecule has 2 aromatic carbocycles. The van der Waals surface area contributed by atoms with Crippen LogP contribution in [0, 0.1) is 0 Å². The standard InChI is InChI=1S/C15H15ClN2O4S/c1-23(20,21)18-14-9-12(7-8-13(14)16)15(19)17-22-10-11-5-3-2-4-6-11/h2-9,18H,10H2,1H3,(H,17,19). The number of halogens is 1. The predicted molar refractivity (Wildman–Crippen MR) is 88.6 cm³/mol. The summed E-state index contributed by atoms with van der Waals surface area (Å²) in [6.07, 6.45) is 0.999. The van der Waals surface area contributed by atoms with E-state index < -0.39 is 15.9 Å². The molecule has 0 heterocycles. The van der Waals surface area contributed by atoms with Crippen molar-refractivity contribution < 1.29 is 18.0 Å². The summed E-state index contributed by atoms with van der Waals surface area (Å²) in [7, 11) is -3.49. The molecule has 0 spiro atoms. The van der Waals surface area contributed by atoms with Crippen LogP contribution in [-0.4, -0.2) is 20.6 Å². The minimum Gasteiger partial charge on any atom is -0.282 e. The van der Waals surface area contributed by atoms with Crippen molar-refractivity contribution >= 4 is 33.2 Å². The minimum absolute atomic E-state index is 0.130. The SMILES string of the molecule is CS(=O)(=O)Nc1cc(C(=O)NOCc2ccccc2)ccc1Cl. The second-order valence-electron chi connectivity index (χ2n) is 4.77. The molecule has 0 atom stereocenters. The molecule has 0 fully saturated rings. The zero-order valence-corrected chi connectivity index (χ0v) is 13.8. The molecule has 0 saturated heterocycles. The molecule has 0 aliphatic heterocycles. The molecule has 2 aromatic rings. The third kappa shape index (κ3) is 5.55. The van der Waals surface area contributed by atoms with E-state index in [0.717, 1.165) is 11.8 Å². The predicted octanol–water partition coefficient (Wildman–Crippen LogP) is 2.57. The first-order valence-corrected chi connectivity index (χ1v) is 8.85. The van der Waals surface area contributed by atoms with Gasteiger partial charge in [-0.25, -0.2) is 13.9 Å². The lowest BCUT2D eigenvalue weighted by Crippen LogP contribution is -2.23. The first kappa shape index (κ1) is 17.3. The Balaban J connectivity index is 2.00. The van der Waals surface area contributed by atoms with Crippen molar-refractivity contribution in [1.29, 1.82) is 0 Å². The maximum atomic E-state index is 12.0. The smallest absolute Gasteiger partial charge is 0.274 e. The lowest BCUT2D eigenvalue weighted by molar-refractivity contribution is 0.0233. The van der Waals surface area contributed by atoms with Crippen LogP contribution in [-0.2, 0) is 21.5 Å². The second kappa shape index (κ2) is 7.45. The van der Waals surface area contributed by atoms with E-state index >= 15 is 0 Å². The molecule has 0 aliphatic rings. The van der Waals surface area contributed by atoms with Crippen LogP contribution in [0.25, 0.3) is 0 Å². The van der Waals surface area contributed by atoms with Gasteiger partial charge in [-0.15, -0.1) is 0 Å². The number of anilines is 1. The summed E-state index contributed by atoms with van der Waals surface area (Å²) in [5, 5.41) is 0.192. The molecule has 6 nitrogen and oxygen atoms in total. The van der Waals surface area contributed by atoms with Crippen molar-refractivity contribution in [2.24, 2.45) is 0 Å². The van der Waals surface area contributed by atoms with E-state index in [9.17, 15) is 13.2 Å². The second-order valence-corrected chi connectivity index (χ2v) is 6.93. The number of carbonyl (C=O) groups is 1. The first-order valence-electron chi connectivity index (χ1n) is 6.58. The fourth-order valence-corrected chi connectivity index (χ4v) is 2.55. The van der Waals surface area contributed by atoms with Crippen LogP contribution < -0.4 is 10.2 Å². The fraction of sp³-hybridized carbons (Fsp3) is 0.133. The van der Waals surface area contributed by atoms with Crippen molar-refractivity contribution in [1.82, 2.24) is 5.48 Å². The summed E-state index contributed by atoms with van der Waals surface area (Å²) in [5.41, 5.74) is 3.55. The number of hydrogen-bond acceptors (Lipinski definition) is 4. The van der Waals surface area contributed by atoms with Crippen LogP contribution in [0.3, 0.4) is 0 Å². The summed E-state index contributed by atoms with van der Waals surface area (Å²) in [6, 6.07) is 13.6. The molecule has 0 bridgehead atoms. The van der Waals surface area contributed by atoms with E-state index in [-0.39, 0.29) is 22.9 Å². The highest BCUT2D eigenvalue weighted by Crippen LogP contribution is 2.23. The first-order chi connectivity index (χ1) is 10.8. The van der Waals surface area contributed by atoms with E-state index in [1.807, 2.05) is 30.3 Å². The highest BCUT2D eigenvalue weighted by molar-refractivity contribution is 7.92. The van der Waals surface area contributed by atoms with E-state index in [0.29, 0.717) is 0 Å². The van der Waals surface area contributed by atoms with Crippen molar-refractivity contribution in [3.05, 3.63) is 64.7 Å². The number of hydrogen-bond donors (Lipinski definition) is 2. The lowest BCUT2D eigenvalue weighted by Gasteiger charge is -2.09. The third-order valence-corrected chi connectivity index (χ3v) is 3.69. The van der Waals surface area contributed by atoms with Crippen molar-refractivity contribution in [3.8, 4) is 0 Å². The molecule has 2 N–H and O–H groups in total. The molecule has 0 radical (unpaired) electrons. The van der Waals surface area contributed by atoms with Crippen molar-refractivity contribution in [3.63, 3.8) is 0 Å². The van der Waals surface area contributed by atoms with Crippen LogP contribution in [0.2, 0.25) is 5.02 Å². The summed E-state index contributed by atoms with van der Waals surface area (Å²) < 4.78 is 24.8. The molecule has 0 aliphatic carbocycles. The van der Waals surface area contributed by atoms with E-state index in [1.54, 1.807) is 0 Å². The van der Waals surface area contributed by atoms with Crippen LogP contribution >= 0.6 is 11.6 Å². The molecular formula is C15H15ClN2O4S. The monoisotopic (exact) mass is 354 g/mol. The van der Waals surface area contributed by atoms with E-state index in [4.69, 9.17) is 16.4 Å². The minimum atomic E-state index is -3.49. The molecule has 23 heavy (non-hydrogen) atoms. The number of sulfonamides is 1. The van der Waals surface area contributed by atoms with Gasteiger partial charge in [-0.3, -0.25) is 14.4 Å². The average molecular weight is 355 g/mol. The van der Waals surface area contributed by atoms with Crippen LogP contribution in [0.4, 0.5) is 5.69 Å². The van der Waals surface area contributed by atoms with Gasteiger partial charge in [0.05, 0.1) is 23.6 Å². The van der Waals surface area contributed by atoms with Crippen LogP contribution in [0.1, 0.15) is 15.9 Å². The zero-order chi connectivity index (χ0) is 16.9. The number of amides is 1. The highest BCUT2D eigenvalue weighted by atomic mass is 35.5. The number of hydroxylamine groups is 1. The maximum Gasteiger partial charge on any atom is 0.274 e. The molecule has 0 unspecified atom stereocenters. The number of nitrogens with one attached hydrogen (secondary N) is 2. The van der Waals surface area contributed by atoms with Gasteiger partial charge < -0.3 is 0 Å². The van der Waals surface area contributed by atoms with Gasteiger partial charge in [0.2, 0.25) is 10.0 Å². The topological polar surface area (TPSA) is 84.5 Å². The van der Waals surface area contributed by atoms with E-state index in [1.165, 1.54) is 18.2 Å². The lowest BCUT2D eigenvalue weighted by atomic mass is 10.2. The highest BCUT2D eigenvalue weighted by Gasteiger charge is 2.11. The van der Waals surface area contributed by atoms with Gasteiger partial charge in [-0.1, -0.05) is 41.9 Å². The molecule has 1 amide bonds. The average Bonchev–Trinajstić information content (AvgIpc) is 2.49. The third-order valence-electron chi connectivity index (χ3n) is 2.77. The van der Waals surface area contributed by atoms with Crippen LogP contribution in [0.5, 0.6) is 0 Å². The number of rotatable bonds is 6. The van der Waals surface area contributed by atoms with Crippen LogP contribution in [0.15, 0.2) is 48.5 Å². The van der Waals surface area contributed by atoms with Gasteiger partial charge >= 0.3 is 0 Å². The summed E-state index contributed by atoms with van der Waals surface area (Å²) >= 11 is 5.90. The van der Waals surface area contributed by atoms with Gasteiger partial charge in [0.1, 0.15) is 0 Å².